The maximum Gasteiger partial charge on any atom is 0.416 e. The Balaban J connectivity index is 1.46. The van der Waals surface area contributed by atoms with Gasteiger partial charge in [0.1, 0.15) is 0 Å². The maximum atomic E-state index is 13.0. The van der Waals surface area contributed by atoms with Gasteiger partial charge in [-0.1, -0.05) is 12.1 Å². The molecule has 1 aromatic carbocycles. The van der Waals surface area contributed by atoms with Gasteiger partial charge < -0.3 is 9.80 Å². The van der Waals surface area contributed by atoms with Crippen molar-refractivity contribution in [3.63, 3.8) is 0 Å². The van der Waals surface area contributed by atoms with Crippen LogP contribution >= 0.6 is 0 Å². The first-order valence-electron chi connectivity index (χ1n) is 10.5. The van der Waals surface area contributed by atoms with Crippen molar-refractivity contribution in [1.82, 2.24) is 14.8 Å². The van der Waals surface area contributed by atoms with Gasteiger partial charge >= 0.3 is 6.18 Å². The molecule has 2 aliphatic heterocycles. The van der Waals surface area contributed by atoms with Crippen LogP contribution in [-0.4, -0.2) is 52.9 Å². The van der Waals surface area contributed by atoms with E-state index in [1.54, 1.807) is 12.1 Å². The van der Waals surface area contributed by atoms with E-state index in [2.05, 4.69) is 9.88 Å². The van der Waals surface area contributed by atoms with E-state index in [1.165, 1.54) is 38.2 Å². The molecule has 0 spiro atoms. The van der Waals surface area contributed by atoms with Crippen molar-refractivity contribution in [2.45, 2.75) is 44.8 Å². The lowest BCUT2D eigenvalue weighted by atomic mass is 10.0. The van der Waals surface area contributed by atoms with Crippen LogP contribution in [0.2, 0.25) is 0 Å². The molecule has 4 rings (SSSR count). The Morgan fingerprint density at radius 2 is 1.77 bits per heavy atom. The van der Waals surface area contributed by atoms with Gasteiger partial charge in [-0.3, -0.25) is 9.78 Å². The number of hydrogen-bond acceptors (Lipinski definition) is 3. The molecular weight excluding hydrogens is 391 g/mol. The second-order valence-electron chi connectivity index (χ2n) is 8.23. The highest BCUT2D eigenvalue weighted by atomic mass is 19.4. The predicted octanol–water partition coefficient (Wildman–Crippen LogP) is 4.78. The van der Waals surface area contributed by atoms with E-state index in [4.69, 9.17) is 0 Å². The van der Waals surface area contributed by atoms with Gasteiger partial charge in [-0.15, -0.1) is 0 Å². The Morgan fingerprint density at radius 1 is 1.07 bits per heavy atom. The third-order valence-electron chi connectivity index (χ3n) is 6.24. The zero-order valence-corrected chi connectivity index (χ0v) is 17.1. The van der Waals surface area contributed by atoms with Gasteiger partial charge in [0.15, 0.2) is 0 Å². The second-order valence-corrected chi connectivity index (χ2v) is 8.23. The average molecular weight is 417 g/mol. The second kappa shape index (κ2) is 8.38. The molecule has 2 aromatic rings. The molecule has 4 nitrogen and oxygen atoms in total. The molecule has 2 saturated heterocycles. The van der Waals surface area contributed by atoms with E-state index in [1.807, 2.05) is 11.8 Å². The number of halogens is 3. The smallest absolute Gasteiger partial charge is 0.338 e. The first-order chi connectivity index (χ1) is 14.3. The third-order valence-corrected chi connectivity index (χ3v) is 6.24. The highest BCUT2D eigenvalue weighted by molar-refractivity contribution is 5.95. The number of aromatic nitrogens is 1. The molecule has 2 fully saturated rings. The number of nitrogens with zero attached hydrogens (tertiary/aromatic N) is 3. The van der Waals surface area contributed by atoms with Gasteiger partial charge in [0.2, 0.25) is 0 Å². The summed E-state index contributed by atoms with van der Waals surface area (Å²) >= 11 is 0. The van der Waals surface area contributed by atoms with E-state index in [0.29, 0.717) is 22.9 Å². The van der Waals surface area contributed by atoms with Gasteiger partial charge in [0.05, 0.1) is 16.8 Å². The molecule has 1 amide bonds. The number of piperidine rings is 1. The maximum absolute atomic E-state index is 13.0. The van der Waals surface area contributed by atoms with Crippen molar-refractivity contribution >= 4 is 5.91 Å². The molecule has 3 heterocycles. The Kier molecular flexibility index (Phi) is 5.82. The van der Waals surface area contributed by atoms with Crippen molar-refractivity contribution in [2.24, 2.45) is 0 Å². The van der Waals surface area contributed by atoms with Crippen LogP contribution in [0.15, 0.2) is 36.5 Å². The molecule has 0 atom stereocenters. The topological polar surface area (TPSA) is 36.4 Å². The predicted molar refractivity (Wildman–Crippen MR) is 109 cm³/mol. The van der Waals surface area contributed by atoms with Crippen LogP contribution in [0.25, 0.3) is 11.3 Å². The van der Waals surface area contributed by atoms with Crippen LogP contribution in [0.3, 0.4) is 0 Å². The van der Waals surface area contributed by atoms with Gasteiger partial charge in [-0.2, -0.15) is 13.2 Å². The number of carbonyl (C=O) groups is 1. The van der Waals surface area contributed by atoms with E-state index in [-0.39, 0.29) is 5.91 Å². The number of carbonyl (C=O) groups excluding carboxylic acids is 1. The summed E-state index contributed by atoms with van der Waals surface area (Å²) in [6.07, 6.45) is 1.60. The fourth-order valence-corrected chi connectivity index (χ4v) is 4.50. The minimum Gasteiger partial charge on any atom is -0.338 e. The molecule has 1 aromatic heterocycles. The summed E-state index contributed by atoms with van der Waals surface area (Å²) in [5.74, 6) is -0.0459. The molecular formula is C23H26F3N3O. The van der Waals surface area contributed by atoms with Crippen molar-refractivity contribution in [3.8, 4) is 11.3 Å². The van der Waals surface area contributed by atoms with Crippen molar-refractivity contribution in [3.05, 3.63) is 53.2 Å². The summed E-state index contributed by atoms with van der Waals surface area (Å²) in [6.45, 7) is 5.60. The molecule has 0 bridgehead atoms. The lowest BCUT2D eigenvalue weighted by molar-refractivity contribution is -0.137. The van der Waals surface area contributed by atoms with Gasteiger partial charge in [0, 0.05) is 30.9 Å². The van der Waals surface area contributed by atoms with Gasteiger partial charge in [-0.05, 0) is 69.5 Å². The fourth-order valence-electron chi connectivity index (χ4n) is 4.50. The molecule has 0 N–H and O–H groups in total. The Morgan fingerprint density at radius 3 is 2.40 bits per heavy atom. The summed E-state index contributed by atoms with van der Waals surface area (Å²) in [5, 5.41) is 0. The summed E-state index contributed by atoms with van der Waals surface area (Å²) in [4.78, 5) is 21.7. The summed E-state index contributed by atoms with van der Waals surface area (Å²) < 4.78 is 39.0. The molecule has 0 unspecified atom stereocenters. The van der Waals surface area contributed by atoms with Crippen molar-refractivity contribution < 1.29 is 18.0 Å². The minimum absolute atomic E-state index is 0.0459. The number of pyridine rings is 1. The van der Waals surface area contributed by atoms with Crippen molar-refractivity contribution in [2.75, 3.05) is 26.2 Å². The Hall–Kier alpha value is -2.41. The molecule has 7 heteroatoms. The van der Waals surface area contributed by atoms with E-state index in [9.17, 15) is 18.0 Å². The molecule has 0 aliphatic carbocycles. The monoisotopic (exact) mass is 417 g/mol. The van der Waals surface area contributed by atoms with Crippen LogP contribution < -0.4 is 0 Å². The van der Waals surface area contributed by atoms with Crippen LogP contribution in [-0.2, 0) is 6.18 Å². The van der Waals surface area contributed by atoms with Gasteiger partial charge in [-0.25, -0.2) is 0 Å². The SMILES string of the molecule is Cc1cc(-c2cccc(C(F)(F)F)c2)ncc1C(=O)N1CCC(N2CCCC2)CC1. The number of amides is 1. The van der Waals surface area contributed by atoms with Crippen LogP contribution in [0.5, 0.6) is 0 Å². The van der Waals surface area contributed by atoms with E-state index >= 15 is 0 Å². The molecule has 0 saturated carbocycles. The Bertz CT molecular complexity index is 914. The first kappa shape index (κ1) is 20.8. The molecule has 2 aliphatic rings. The zero-order chi connectivity index (χ0) is 21.3. The summed E-state index contributed by atoms with van der Waals surface area (Å²) in [5.41, 5.74) is 1.36. The first-order valence-corrected chi connectivity index (χ1v) is 10.5. The standard InChI is InChI=1S/C23H26F3N3O/c1-16-13-21(17-5-4-6-18(14-17)23(24,25)26)27-15-20(16)22(30)29-11-7-19(8-12-29)28-9-2-3-10-28/h4-6,13-15,19H,2-3,7-12H2,1H3. The lowest BCUT2D eigenvalue weighted by Gasteiger charge is -2.36. The average Bonchev–Trinajstić information content (AvgIpc) is 3.28. The van der Waals surface area contributed by atoms with Crippen LogP contribution in [0, 0.1) is 6.92 Å². The largest absolute Gasteiger partial charge is 0.416 e. The normalized spacial score (nSPS) is 18.7. The van der Waals surface area contributed by atoms with Gasteiger partial charge in [0.25, 0.3) is 5.91 Å². The highest BCUT2D eigenvalue weighted by Gasteiger charge is 2.31. The number of aryl methyl sites for hydroxylation is 1. The highest BCUT2D eigenvalue weighted by Crippen LogP contribution is 2.32. The molecule has 160 valence electrons. The quantitative estimate of drug-likeness (QED) is 0.722. The third kappa shape index (κ3) is 4.36. The lowest BCUT2D eigenvalue weighted by Crippen LogP contribution is -2.46. The molecule has 30 heavy (non-hydrogen) atoms. The van der Waals surface area contributed by atoms with Crippen LogP contribution in [0.1, 0.15) is 47.2 Å². The number of hydrogen-bond donors (Lipinski definition) is 0. The van der Waals surface area contributed by atoms with E-state index in [0.717, 1.165) is 43.6 Å². The number of benzene rings is 1. The zero-order valence-electron chi connectivity index (χ0n) is 17.1. The summed E-state index contributed by atoms with van der Waals surface area (Å²) in [6, 6.07) is 7.37. The fraction of sp³-hybridized carbons (Fsp3) is 0.478. The van der Waals surface area contributed by atoms with Crippen LogP contribution in [0.4, 0.5) is 13.2 Å². The Labute approximate surface area is 174 Å². The van der Waals surface area contributed by atoms with E-state index < -0.39 is 11.7 Å². The number of likely N-dealkylation sites (tertiary alicyclic amines) is 2. The number of rotatable bonds is 3. The number of alkyl halides is 3. The summed E-state index contributed by atoms with van der Waals surface area (Å²) in [7, 11) is 0. The molecule has 0 radical (unpaired) electrons. The van der Waals surface area contributed by atoms with Crippen molar-refractivity contribution in [1.29, 1.82) is 0 Å². The minimum atomic E-state index is -4.40.